The predicted octanol–water partition coefficient (Wildman–Crippen LogP) is 2.68. The van der Waals surface area contributed by atoms with Crippen molar-refractivity contribution in [3.8, 4) is 0 Å². The van der Waals surface area contributed by atoms with Crippen molar-refractivity contribution in [2.75, 3.05) is 13.1 Å². The van der Waals surface area contributed by atoms with E-state index in [4.69, 9.17) is 0 Å². The lowest BCUT2D eigenvalue weighted by atomic mass is 9.92. The molecule has 0 radical (unpaired) electrons. The molecular formula is C15H19F3N2O. The molecule has 1 aliphatic heterocycles. The van der Waals surface area contributed by atoms with E-state index in [0.29, 0.717) is 0 Å². The summed E-state index contributed by atoms with van der Waals surface area (Å²) in [5.41, 5.74) is -0.488. The van der Waals surface area contributed by atoms with E-state index in [1.165, 1.54) is 12.1 Å². The molecule has 2 unspecified atom stereocenters. The minimum atomic E-state index is -4.39. The van der Waals surface area contributed by atoms with Crippen LogP contribution >= 0.6 is 0 Å². The van der Waals surface area contributed by atoms with Gasteiger partial charge >= 0.3 is 6.18 Å². The molecule has 0 aliphatic carbocycles. The molecular weight excluding hydrogens is 281 g/mol. The standard InChI is InChI=1S/C15H19F3N2O/c1-10(8-14(21)20-11-6-7-19-9-11)12-4-2-3-5-13(12)15(16,17)18/h2-5,10-11,19H,6-9H2,1H3,(H,20,21). The number of rotatable bonds is 4. The lowest BCUT2D eigenvalue weighted by molar-refractivity contribution is -0.138. The molecule has 0 spiro atoms. The number of nitrogens with one attached hydrogen (secondary N) is 2. The highest BCUT2D eigenvalue weighted by Crippen LogP contribution is 2.35. The second-order valence-electron chi connectivity index (χ2n) is 5.45. The molecule has 2 rings (SSSR count). The number of halogens is 3. The third-order valence-corrected chi connectivity index (χ3v) is 3.71. The molecule has 1 fully saturated rings. The van der Waals surface area contributed by atoms with Gasteiger partial charge in [0.1, 0.15) is 0 Å². The number of amides is 1. The Morgan fingerprint density at radius 1 is 1.43 bits per heavy atom. The normalized spacial score (nSPS) is 20.3. The molecule has 1 aliphatic rings. The van der Waals surface area contributed by atoms with Crippen molar-refractivity contribution in [3.63, 3.8) is 0 Å². The van der Waals surface area contributed by atoms with Crippen LogP contribution in [0.4, 0.5) is 13.2 Å². The summed E-state index contributed by atoms with van der Waals surface area (Å²) in [6.45, 7) is 3.23. The maximum absolute atomic E-state index is 13.0. The Balaban J connectivity index is 2.03. The van der Waals surface area contributed by atoms with E-state index >= 15 is 0 Å². The highest BCUT2D eigenvalue weighted by Gasteiger charge is 2.34. The summed E-state index contributed by atoms with van der Waals surface area (Å²) in [7, 11) is 0. The Morgan fingerprint density at radius 3 is 2.76 bits per heavy atom. The number of hydrogen-bond donors (Lipinski definition) is 2. The van der Waals surface area contributed by atoms with Gasteiger partial charge in [0.25, 0.3) is 0 Å². The Labute approximate surface area is 121 Å². The van der Waals surface area contributed by atoms with Gasteiger partial charge in [-0.1, -0.05) is 25.1 Å². The number of hydrogen-bond acceptors (Lipinski definition) is 2. The second-order valence-corrected chi connectivity index (χ2v) is 5.45. The lowest BCUT2D eigenvalue weighted by Gasteiger charge is -2.19. The third-order valence-electron chi connectivity index (χ3n) is 3.71. The summed E-state index contributed by atoms with van der Waals surface area (Å²) in [5.74, 6) is -0.676. The zero-order valence-corrected chi connectivity index (χ0v) is 11.8. The van der Waals surface area contributed by atoms with Crippen molar-refractivity contribution >= 4 is 5.91 Å². The third kappa shape index (κ3) is 4.20. The zero-order valence-electron chi connectivity index (χ0n) is 11.8. The van der Waals surface area contributed by atoms with E-state index in [0.717, 1.165) is 25.6 Å². The highest BCUT2D eigenvalue weighted by atomic mass is 19.4. The SMILES string of the molecule is CC(CC(=O)NC1CCNC1)c1ccccc1C(F)(F)F. The Bertz CT molecular complexity index is 496. The van der Waals surface area contributed by atoms with Crippen molar-refractivity contribution in [3.05, 3.63) is 35.4 Å². The molecule has 6 heteroatoms. The van der Waals surface area contributed by atoms with E-state index in [2.05, 4.69) is 10.6 Å². The van der Waals surface area contributed by atoms with Crippen LogP contribution in [0.1, 0.15) is 36.8 Å². The van der Waals surface area contributed by atoms with Crippen molar-refractivity contribution in [2.45, 2.75) is 37.9 Å². The second kappa shape index (κ2) is 6.47. The molecule has 1 saturated heterocycles. The summed E-state index contributed by atoms with van der Waals surface area (Å²) in [6, 6.07) is 5.52. The van der Waals surface area contributed by atoms with Gasteiger partial charge in [-0.05, 0) is 30.5 Å². The van der Waals surface area contributed by atoms with Crippen LogP contribution in [0.15, 0.2) is 24.3 Å². The molecule has 1 heterocycles. The topological polar surface area (TPSA) is 41.1 Å². The van der Waals surface area contributed by atoms with Gasteiger partial charge < -0.3 is 10.6 Å². The van der Waals surface area contributed by atoms with Crippen LogP contribution in [0.5, 0.6) is 0 Å². The van der Waals surface area contributed by atoms with Gasteiger partial charge in [0.2, 0.25) is 5.91 Å². The number of carbonyl (C=O) groups is 1. The summed E-state index contributed by atoms with van der Waals surface area (Å²) < 4.78 is 38.9. The summed E-state index contributed by atoms with van der Waals surface area (Å²) in [4.78, 5) is 11.9. The smallest absolute Gasteiger partial charge is 0.352 e. The maximum atomic E-state index is 13.0. The van der Waals surface area contributed by atoms with Gasteiger partial charge in [-0.3, -0.25) is 4.79 Å². The average molecular weight is 300 g/mol. The fraction of sp³-hybridized carbons (Fsp3) is 0.533. The van der Waals surface area contributed by atoms with Crippen molar-refractivity contribution < 1.29 is 18.0 Å². The highest BCUT2D eigenvalue weighted by molar-refractivity contribution is 5.77. The number of benzene rings is 1. The lowest BCUT2D eigenvalue weighted by Crippen LogP contribution is -2.36. The van der Waals surface area contributed by atoms with Crippen LogP contribution in [0.3, 0.4) is 0 Å². The average Bonchev–Trinajstić information content (AvgIpc) is 2.90. The molecule has 0 aromatic heterocycles. The van der Waals surface area contributed by atoms with Crippen LogP contribution in [0.2, 0.25) is 0 Å². The first-order chi connectivity index (χ1) is 9.88. The first kappa shape index (κ1) is 15.8. The van der Waals surface area contributed by atoms with Gasteiger partial charge in [-0.25, -0.2) is 0 Å². The predicted molar refractivity (Wildman–Crippen MR) is 73.9 cm³/mol. The Morgan fingerprint density at radius 2 is 2.14 bits per heavy atom. The molecule has 2 N–H and O–H groups in total. The van der Waals surface area contributed by atoms with Crippen LogP contribution < -0.4 is 10.6 Å². The molecule has 0 bridgehead atoms. The Kier molecular flexibility index (Phi) is 4.88. The monoisotopic (exact) mass is 300 g/mol. The van der Waals surface area contributed by atoms with Gasteiger partial charge in [0, 0.05) is 19.0 Å². The quantitative estimate of drug-likeness (QED) is 0.897. The van der Waals surface area contributed by atoms with Gasteiger partial charge in [-0.2, -0.15) is 13.2 Å². The first-order valence-electron chi connectivity index (χ1n) is 7.04. The molecule has 116 valence electrons. The van der Waals surface area contributed by atoms with E-state index < -0.39 is 17.7 Å². The van der Waals surface area contributed by atoms with Crippen LogP contribution in [0.25, 0.3) is 0 Å². The van der Waals surface area contributed by atoms with Crippen LogP contribution in [-0.4, -0.2) is 25.0 Å². The first-order valence-corrected chi connectivity index (χ1v) is 7.04. The minimum absolute atomic E-state index is 0.0591. The van der Waals surface area contributed by atoms with E-state index in [1.54, 1.807) is 13.0 Å². The van der Waals surface area contributed by atoms with E-state index in [1.807, 2.05) is 0 Å². The molecule has 1 amide bonds. The number of alkyl halides is 3. The van der Waals surface area contributed by atoms with E-state index in [-0.39, 0.29) is 23.9 Å². The fourth-order valence-electron chi connectivity index (χ4n) is 2.64. The summed E-state index contributed by atoms with van der Waals surface area (Å²) in [6.07, 6.45) is -3.47. The number of carbonyl (C=O) groups excluding carboxylic acids is 1. The minimum Gasteiger partial charge on any atom is -0.352 e. The Hall–Kier alpha value is -1.56. The zero-order chi connectivity index (χ0) is 15.5. The molecule has 3 nitrogen and oxygen atoms in total. The summed E-state index contributed by atoms with van der Waals surface area (Å²) in [5, 5.41) is 5.98. The van der Waals surface area contributed by atoms with Crippen LogP contribution in [0, 0.1) is 0 Å². The molecule has 0 saturated carbocycles. The maximum Gasteiger partial charge on any atom is 0.416 e. The van der Waals surface area contributed by atoms with Crippen molar-refractivity contribution in [1.29, 1.82) is 0 Å². The van der Waals surface area contributed by atoms with Gasteiger partial charge in [0.15, 0.2) is 0 Å². The molecule has 2 atom stereocenters. The molecule has 21 heavy (non-hydrogen) atoms. The molecule has 1 aromatic rings. The van der Waals surface area contributed by atoms with Crippen molar-refractivity contribution in [2.24, 2.45) is 0 Å². The van der Waals surface area contributed by atoms with Crippen LogP contribution in [-0.2, 0) is 11.0 Å². The van der Waals surface area contributed by atoms with Gasteiger partial charge in [0.05, 0.1) is 5.56 Å². The molecule has 1 aromatic carbocycles. The fourth-order valence-corrected chi connectivity index (χ4v) is 2.64. The van der Waals surface area contributed by atoms with Gasteiger partial charge in [-0.15, -0.1) is 0 Å². The van der Waals surface area contributed by atoms with Crippen molar-refractivity contribution in [1.82, 2.24) is 10.6 Å². The summed E-state index contributed by atoms with van der Waals surface area (Å²) >= 11 is 0. The van der Waals surface area contributed by atoms with E-state index in [9.17, 15) is 18.0 Å². The largest absolute Gasteiger partial charge is 0.416 e.